The fraction of sp³-hybridized carbons (Fsp3) is 0.571. The molecule has 1 saturated carbocycles. The number of piperidine rings is 1. The van der Waals surface area contributed by atoms with E-state index in [1.54, 1.807) is 39.5 Å². The summed E-state index contributed by atoms with van der Waals surface area (Å²) in [5.41, 5.74) is -2.01. The van der Waals surface area contributed by atoms with Gasteiger partial charge in [-0.25, -0.2) is 9.18 Å². The van der Waals surface area contributed by atoms with Crippen LogP contribution in [0.5, 0.6) is 0 Å². The molecule has 1 N–H and O–H groups in total. The molecule has 0 radical (unpaired) electrons. The smallest absolute Gasteiger partial charge is 0.410 e. The quantitative estimate of drug-likeness (QED) is 0.748. The van der Waals surface area contributed by atoms with Gasteiger partial charge in [-0.05, 0) is 58.6 Å². The topological polar surface area (TPSA) is 75.7 Å². The van der Waals surface area contributed by atoms with Crippen LogP contribution in [-0.2, 0) is 9.53 Å². The lowest BCUT2D eigenvalue weighted by molar-refractivity contribution is -0.124. The molecule has 0 bridgehead atoms. The Morgan fingerprint density at radius 3 is 2.28 bits per heavy atom. The van der Waals surface area contributed by atoms with E-state index in [0.29, 0.717) is 13.1 Å². The summed E-state index contributed by atoms with van der Waals surface area (Å²) in [6, 6.07) is 4.20. The summed E-state index contributed by atoms with van der Waals surface area (Å²) in [6.45, 7) is 9.40. The van der Waals surface area contributed by atoms with Crippen molar-refractivity contribution in [1.29, 1.82) is 0 Å². The van der Waals surface area contributed by atoms with Gasteiger partial charge in [-0.15, -0.1) is 0 Å². The number of amides is 2. The number of ketones is 1. The predicted molar refractivity (Wildman–Crippen MR) is 106 cm³/mol. The lowest BCUT2D eigenvalue weighted by atomic mass is 9.92. The Kier molecular flexibility index (Phi) is 5.41. The van der Waals surface area contributed by atoms with Crippen molar-refractivity contribution in [2.75, 3.05) is 13.1 Å². The summed E-state index contributed by atoms with van der Waals surface area (Å²) in [6.07, 6.45) is -0.379. The molecule has 0 spiro atoms. The second-order valence-corrected chi connectivity index (χ2v) is 9.69. The zero-order chi connectivity index (χ0) is 21.7. The number of hydrogen-bond donors (Lipinski definition) is 1. The Morgan fingerprint density at radius 2 is 1.72 bits per heavy atom. The highest BCUT2D eigenvalue weighted by Gasteiger charge is 2.61. The van der Waals surface area contributed by atoms with Crippen molar-refractivity contribution in [3.05, 3.63) is 34.6 Å². The van der Waals surface area contributed by atoms with E-state index in [0.717, 1.165) is 0 Å². The Balaban J connectivity index is 1.59. The van der Waals surface area contributed by atoms with Crippen LogP contribution in [0.3, 0.4) is 0 Å². The molecular weight excluding hydrogens is 399 g/mol. The average Bonchev–Trinajstić information content (AvgIpc) is 3.09. The fourth-order valence-electron chi connectivity index (χ4n) is 3.85. The van der Waals surface area contributed by atoms with Crippen LogP contribution in [0.25, 0.3) is 0 Å². The second-order valence-electron chi connectivity index (χ2n) is 9.28. The molecule has 158 valence electrons. The van der Waals surface area contributed by atoms with Crippen molar-refractivity contribution in [2.24, 2.45) is 17.8 Å². The average molecular weight is 425 g/mol. The van der Waals surface area contributed by atoms with Crippen LogP contribution in [0.4, 0.5) is 9.18 Å². The number of likely N-dealkylation sites (tertiary alicyclic amines) is 1. The van der Waals surface area contributed by atoms with E-state index in [2.05, 4.69) is 5.32 Å². The molecule has 2 amide bonds. The zero-order valence-electron chi connectivity index (χ0n) is 17.2. The molecule has 1 unspecified atom stereocenters. The first kappa shape index (κ1) is 21.6. The van der Waals surface area contributed by atoms with E-state index in [1.807, 2.05) is 0 Å². The van der Waals surface area contributed by atoms with Crippen molar-refractivity contribution in [3.63, 3.8) is 0 Å². The molecule has 1 aromatic rings. The number of benzene rings is 1. The van der Waals surface area contributed by atoms with E-state index in [1.165, 1.54) is 18.2 Å². The van der Waals surface area contributed by atoms with Crippen LogP contribution in [0, 0.1) is 23.6 Å². The third-order valence-electron chi connectivity index (χ3n) is 5.35. The molecule has 8 heteroatoms. The summed E-state index contributed by atoms with van der Waals surface area (Å²) in [5, 5.41) is 2.60. The largest absolute Gasteiger partial charge is 0.444 e. The lowest BCUT2D eigenvalue weighted by Crippen LogP contribution is -2.51. The maximum Gasteiger partial charge on any atom is 0.410 e. The number of fused-ring (bicyclic) bond motifs is 1. The first-order chi connectivity index (χ1) is 13.3. The third kappa shape index (κ3) is 4.39. The molecule has 1 aliphatic heterocycles. The van der Waals surface area contributed by atoms with Gasteiger partial charge in [0.1, 0.15) is 5.60 Å². The van der Waals surface area contributed by atoms with Crippen LogP contribution in [0.2, 0.25) is 5.02 Å². The second kappa shape index (κ2) is 7.27. The number of carbonyl (C=O) groups excluding carboxylic acids is 3. The number of halogens is 2. The van der Waals surface area contributed by atoms with Crippen molar-refractivity contribution in [2.45, 2.75) is 45.8 Å². The first-order valence-electron chi connectivity index (χ1n) is 9.60. The molecular formula is C21H26ClFN2O4. The number of nitrogens with one attached hydrogen (secondary N) is 1. The number of ether oxygens (including phenoxy) is 1. The molecule has 1 saturated heterocycles. The van der Waals surface area contributed by atoms with Crippen LogP contribution in [-0.4, -0.2) is 46.9 Å². The summed E-state index contributed by atoms with van der Waals surface area (Å²) >= 11 is 5.76. The van der Waals surface area contributed by atoms with Gasteiger partial charge < -0.3 is 15.0 Å². The molecule has 1 aromatic carbocycles. The third-order valence-corrected chi connectivity index (χ3v) is 5.64. The molecule has 3 rings (SSSR count). The Bertz CT molecular complexity index is 853. The molecule has 6 nitrogen and oxygen atoms in total. The van der Waals surface area contributed by atoms with E-state index in [9.17, 15) is 18.8 Å². The minimum absolute atomic E-state index is 0.0522. The number of Topliss-reactive ketones (excluding diaryl/α,β-unsaturated/α-hetero) is 1. The number of rotatable bonds is 4. The first-order valence-corrected chi connectivity index (χ1v) is 9.98. The molecule has 1 heterocycles. The van der Waals surface area contributed by atoms with Gasteiger partial charge in [0.2, 0.25) is 5.91 Å². The van der Waals surface area contributed by atoms with Crippen molar-refractivity contribution < 1.29 is 23.5 Å². The van der Waals surface area contributed by atoms with Crippen LogP contribution in [0.15, 0.2) is 18.2 Å². The van der Waals surface area contributed by atoms with Gasteiger partial charge in [-0.2, -0.15) is 0 Å². The van der Waals surface area contributed by atoms with Crippen LogP contribution >= 0.6 is 11.6 Å². The van der Waals surface area contributed by atoms with Crippen LogP contribution < -0.4 is 5.32 Å². The summed E-state index contributed by atoms with van der Waals surface area (Å²) in [7, 11) is 0. The van der Waals surface area contributed by atoms with E-state index in [-0.39, 0.29) is 40.3 Å². The van der Waals surface area contributed by atoms with Gasteiger partial charge in [-0.1, -0.05) is 17.7 Å². The van der Waals surface area contributed by atoms with Crippen LogP contribution in [0.1, 0.15) is 45.0 Å². The van der Waals surface area contributed by atoms with Gasteiger partial charge in [0.05, 0.1) is 16.1 Å². The minimum atomic E-state index is -1.29. The molecule has 2 fully saturated rings. The number of nitrogens with zero attached hydrogens (tertiary/aromatic N) is 1. The highest BCUT2D eigenvalue weighted by atomic mass is 35.5. The van der Waals surface area contributed by atoms with Crippen molar-refractivity contribution in [3.8, 4) is 0 Å². The SMILES string of the molecule is CC(C)(C)OC(=O)N1C[C@@H]2C(C(=O)NC(C)(C)C(=O)c3cccc(Cl)c3F)[C@@H]2C1. The summed E-state index contributed by atoms with van der Waals surface area (Å²) in [4.78, 5) is 39.2. The summed E-state index contributed by atoms with van der Waals surface area (Å²) < 4.78 is 19.6. The highest BCUT2D eigenvalue weighted by molar-refractivity contribution is 6.31. The Hall–Kier alpha value is -2.15. The number of carbonyl (C=O) groups is 3. The molecule has 3 atom stereocenters. The molecule has 29 heavy (non-hydrogen) atoms. The Morgan fingerprint density at radius 1 is 1.14 bits per heavy atom. The molecule has 1 aliphatic carbocycles. The van der Waals surface area contributed by atoms with Crippen molar-refractivity contribution in [1.82, 2.24) is 10.2 Å². The molecule has 2 aliphatic rings. The summed E-state index contributed by atoms with van der Waals surface area (Å²) in [5.74, 6) is -1.76. The number of hydrogen-bond acceptors (Lipinski definition) is 4. The van der Waals surface area contributed by atoms with Gasteiger partial charge in [0.25, 0.3) is 0 Å². The predicted octanol–water partition coefficient (Wildman–Crippen LogP) is 3.67. The Labute approximate surface area is 174 Å². The maximum atomic E-state index is 14.2. The van der Waals surface area contributed by atoms with Gasteiger partial charge in [0, 0.05) is 19.0 Å². The van der Waals surface area contributed by atoms with Gasteiger partial charge in [-0.3, -0.25) is 9.59 Å². The minimum Gasteiger partial charge on any atom is -0.444 e. The monoisotopic (exact) mass is 424 g/mol. The lowest BCUT2D eigenvalue weighted by Gasteiger charge is -2.27. The van der Waals surface area contributed by atoms with Gasteiger partial charge in [0.15, 0.2) is 11.6 Å². The fourth-order valence-corrected chi connectivity index (χ4v) is 4.03. The van der Waals surface area contributed by atoms with Gasteiger partial charge >= 0.3 is 6.09 Å². The maximum absolute atomic E-state index is 14.2. The standard InChI is InChI=1S/C21H26ClFN2O4/c1-20(2,3)29-19(28)25-9-12-13(10-25)15(12)18(27)24-21(4,5)17(26)11-7-6-8-14(22)16(11)23/h6-8,12-13,15H,9-10H2,1-5H3,(H,24,27)/t12-,13+,15?. The highest BCUT2D eigenvalue weighted by Crippen LogP contribution is 2.52. The van der Waals surface area contributed by atoms with E-state index >= 15 is 0 Å². The van der Waals surface area contributed by atoms with E-state index < -0.39 is 22.7 Å². The molecule has 0 aromatic heterocycles. The van der Waals surface area contributed by atoms with E-state index in [4.69, 9.17) is 16.3 Å². The normalized spacial score (nSPS) is 23.4. The zero-order valence-corrected chi connectivity index (χ0v) is 18.0. The van der Waals surface area contributed by atoms with Crippen molar-refractivity contribution >= 4 is 29.4 Å².